The molecule has 0 saturated carbocycles. The highest BCUT2D eigenvalue weighted by Gasteiger charge is 2.22. The minimum atomic E-state index is 0.199. The van der Waals surface area contributed by atoms with Crippen LogP contribution >= 0.6 is 11.3 Å². The van der Waals surface area contributed by atoms with E-state index in [1.165, 1.54) is 0 Å². The number of rotatable bonds is 3. The smallest absolute Gasteiger partial charge is 0.227 e. The molecule has 1 aliphatic rings. The second-order valence-electron chi connectivity index (χ2n) is 5.99. The molecular formula is C16H23N5OS. The SMILES string of the molecule is Cc1nn(C)c(C)c1CC(=O)N1CCCN(c2nccs2)CC1. The van der Waals surface area contributed by atoms with E-state index in [0.717, 1.165) is 54.7 Å². The van der Waals surface area contributed by atoms with Crippen molar-refractivity contribution in [2.45, 2.75) is 26.7 Å². The van der Waals surface area contributed by atoms with Gasteiger partial charge >= 0.3 is 0 Å². The molecule has 0 aliphatic carbocycles. The van der Waals surface area contributed by atoms with Crippen molar-refractivity contribution >= 4 is 22.4 Å². The number of hydrogen-bond acceptors (Lipinski definition) is 5. The molecule has 23 heavy (non-hydrogen) atoms. The lowest BCUT2D eigenvalue weighted by Gasteiger charge is -2.21. The zero-order valence-corrected chi connectivity index (χ0v) is 14.8. The van der Waals surface area contributed by atoms with Crippen LogP contribution in [0, 0.1) is 13.8 Å². The second kappa shape index (κ2) is 6.70. The normalized spacial score (nSPS) is 15.8. The summed E-state index contributed by atoms with van der Waals surface area (Å²) in [5.41, 5.74) is 3.10. The Morgan fingerprint density at radius 3 is 2.74 bits per heavy atom. The monoisotopic (exact) mass is 333 g/mol. The van der Waals surface area contributed by atoms with Crippen LogP contribution in [-0.2, 0) is 18.3 Å². The molecule has 1 saturated heterocycles. The molecule has 7 heteroatoms. The van der Waals surface area contributed by atoms with Gasteiger partial charge in [0.15, 0.2) is 5.13 Å². The third kappa shape index (κ3) is 3.39. The van der Waals surface area contributed by atoms with E-state index in [9.17, 15) is 4.79 Å². The summed E-state index contributed by atoms with van der Waals surface area (Å²) in [7, 11) is 1.92. The molecular weight excluding hydrogens is 310 g/mol. The molecule has 1 aliphatic heterocycles. The Labute approximate surface area is 140 Å². The molecule has 2 aromatic heterocycles. The topological polar surface area (TPSA) is 54.3 Å². The Hall–Kier alpha value is -1.89. The molecule has 1 amide bonds. The van der Waals surface area contributed by atoms with Crippen LogP contribution < -0.4 is 4.90 Å². The molecule has 0 bridgehead atoms. The minimum absolute atomic E-state index is 0.199. The molecule has 0 unspecified atom stereocenters. The maximum atomic E-state index is 12.7. The molecule has 0 radical (unpaired) electrons. The van der Waals surface area contributed by atoms with Crippen LogP contribution in [0.1, 0.15) is 23.4 Å². The molecule has 0 spiro atoms. The fourth-order valence-electron chi connectivity index (χ4n) is 3.07. The summed E-state index contributed by atoms with van der Waals surface area (Å²) < 4.78 is 1.85. The van der Waals surface area contributed by atoms with E-state index in [0.29, 0.717) is 6.42 Å². The fourth-order valence-corrected chi connectivity index (χ4v) is 3.76. The number of thiazole rings is 1. The number of aromatic nitrogens is 3. The maximum absolute atomic E-state index is 12.7. The Balaban J connectivity index is 1.64. The van der Waals surface area contributed by atoms with Crippen LogP contribution in [0.25, 0.3) is 0 Å². The molecule has 6 nitrogen and oxygen atoms in total. The summed E-state index contributed by atoms with van der Waals surface area (Å²) in [4.78, 5) is 21.3. The lowest BCUT2D eigenvalue weighted by molar-refractivity contribution is -0.130. The van der Waals surface area contributed by atoms with Crippen LogP contribution in [0.15, 0.2) is 11.6 Å². The van der Waals surface area contributed by atoms with Crippen LogP contribution in [-0.4, -0.2) is 51.8 Å². The Morgan fingerprint density at radius 1 is 1.26 bits per heavy atom. The highest BCUT2D eigenvalue weighted by atomic mass is 32.1. The number of carbonyl (C=O) groups is 1. The average Bonchev–Trinajstić information content (AvgIpc) is 3.04. The van der Waals surface area contributed by atoms with E-state index in [4.69, 9.17) is 0 Å². The third-order valence-corrected chi connectivity index (χ3v) is 5.36. The first-order valence-corrected chi connectivity index (χ1v) is 8.85. The quantitative estimate of drug-likeness (QED) is 0.859. The standard InChI is InChI=1S/C16H23N5OS/c1-12-14(13(2)19(3)18-12)11-15(22)20-6-4-7-21(9-8-20)16-17-5-10-23-16/h5,10H,4,6-9,11H2,1-3H3. The van der Waals surface area contributed by atoms with Crippen molar-refractivity contribution in [3.05, 3.63) is 28.5 Å². The minimum Gasteiger partial charge on any atom is -0.346 e. The van der Waals surface area contributed by atoms with Crippen LogP contribution in [0.4, 0.5) is 5.13 Å². The van der Waals surface area contributed by atoms with Crippen molar-refractivity contribution in [1.29, 1.82) is 0 Å². The molecule has 0 aromatic carbocycles. The van der Waals surface area contributed by atoms with Crippen molar-refractivity contribution in [3.8, 4) is 0 Å². The summed E-state index contributed by atoms with van der Waals surface area (Å²) in [5.74, 6) is 0.199. The van der Waals surface area contributed by atoms with E-state index in [1.807, 2.05) is 42.1 Å². The van der Waals surface area contributed by atoms with Gasteiger partial charge in [-0.05, 0) is 20.3 Å². The van der Waals surface area contributed by atoms with Crippen LogP contribution in [0.2, 0.25) is 0 Å². The first kappa shape index (κ1) is 16.0. The number of hydrogen-bond donors (Lipinski definition) is 0. The van der Waals surface area contributed by atoms with Crippen molar-refractivity contribution in [2.75, 3.05) is 31.1 Å². The van der Waals surface area contributed by atoms with E-state index in [2.05, 4.69) is 15.0 Å². The Bertz CT molecular complexity index is 679. The highest BCUT2D eigenvalue weighted by Crippen LogP contribution is 2.20. The van der Waals surface area contributed by atoms with E-state index >= 15 is 0 Å². The summed E-state index contributed by atoms with van der Waals surface area (Å²) >= 11 is 1.66. The lowest BCUT2D eigenvalue weighted by Crippen LogP contribution is -2.36. The van der Waals surface area contributed by atoms with Gasteiger partial charge in [0, 0.05) is 56.1 Å². The van der Waals surface area contributed by atoms with Crippen molar-refractivity contribution in [3.63, 3.8) is 0 Å². The zero-order valence-electron chi connectivity index (χ0n) is 13.9. The highest BCUT2D eigenvalue weighted by molar-refractivity contribution is 7.13. The first-order chi connectivity index (χ1) is 11.1. The predicted octanol–water partition coefficient (Wildman–Crippen LogP) is 1.77. The summed E-state index contributed by atoms with van der Waals surface area (Å²) in [5, 5.41) is 7.45. The zero-order chi connectivity index (χ0) is 16.4. The molecule has 124 valence electrons. The number of carbonyl (C=O) groups excluding carboxylic acids is 1. The average molecular weight is 333 g/mol. The molecule has 1 fully saturated rings. The number of aryl methyl sites for hydroxylation is 2. The van der Waals surface area contributed by atoms with Gasteiger partial charge in [0.05, 0.1) is 12.1 Å². The van der Waals surface area contributed by atoms with Gasteiger partial charge in [-0.1, -0.05) is 0 Å². The molecule has 3 rings (SSSR count). The Morgan fingerprint density at radius 2 is 2.09 bits per heavy atom. The Kier molecular flexibility index (Phi) is 4.66. The van der Waals surface area contributed by atoms with Gasteiger partial charge in [-0.2, -0.15) is 5.10 Å². The summed E-state index contributed by atoms with van der Waals surface area (Å²) in [6, 6.07) is 0. The van der Waals surface area contributed by atoms with E-state index < -0.39 is 0 Å². The van der Waals surface area contributed by atoms with Gasteiger partial charge < -0.3 is 9.80 Å². The molecule has 3 heterocycles. The predicted molar refractivity (Wildman–Crippen MR) is 91.9 cm³/mol. The number of amides is 1. The van der Waals surface area contributed by atoms with Crippen molar-refractivity contribution in [2.24, 2.45) is 7.05 Å². The van der Waals surface area contributed by atoms with Gasteiger partial charge in [-0.15, -0.1) is 11.3 Å². The van der Waals surface area contributed by atoms with Gasteiger partial charge in [0.1, 0.15) is 0 Å². The molecule has 0 atom stereocenters. The maximum Gasteiger partial charge on any atom is 0.227 e. The van der Waals surface area contributed by atoms with E-state index in [1.54, 1.807) is 11.3 Å². The largest absolute Gasteiger partial charge is 0.346 e. The first-order valence-electron chi connectivity index (χ1n) is 7.97. The third-order valence-electron chi connectivity index (χ3n) is 4.53. The number of anilines is 1. The van der Waals surface area contributed by atoms with Crippen molar-refractivity contribution in [1.82, 2.24) is 19.7 Å². The molecule has 0 N–H and O–H groups in total. The van der Waals surface area contributed by atoms with Gasteiger partial charge in [0.25, 0.3) is 0 Å². The van der Waals surface area contributed by atoms with Gasteiger partial charge in [0.2, 0.25) is 5.91 Å². The summed E-state index contributed by atoms with van der Waals surface area (Å²) in [6.07, 6.45) is 3.26. The van der Waals surface area contributed by atoms with Gasteiger partial charge in [-0.25, -0.2) is 4.98 Å². The van der Waals surface area contributed by atoms with Gasteiger partial charge in [-0.3, -0.25) is 9.48 Å². The second-order valence-corrected chi connectivity index (χ2v) is 6.86. The van der Waals surface area contributed by atoms with Crippen molar-refractivity contribution < 1.29 is 4.79 Å². The van der Waals surface area contributed by atoms with Crippen LogP contribution in [0.3, 0.4) is 0 Å². The number of nitrogens with zero attached hydrogens (tertiary/aromatic N) is 5. The summed E-state index contributed by atoms with van der Waals surface area (Å²) in [6.45, 7) is 7.39. The van der Waals surface area contributed by atoms with Crippen LogP contribution in [0.5, 0.6) is 0 Å². The fraction of sp³-hybridized carbons (Fsp3) is 0.562. The lowest BCUT2D eigenvalue weighted by atomic mass is 10.1. The van der Waals surface area contributed by atoms with E-state index in [-0.39, 0.29) is 5.91 Å². The molecule has 2 aromatic rings.